The average Bonchev–Trinajstić information content (AvgIpc) is 2.91. The summed E-state index contributed by atoms with van der Waals surface area (Å²) in [5, 5.41) is 0. The molecule has 0 aliphatic heterocycles. The standard InChI is InChI=1S/C23H34O2/c1-16(24)25-15-12-18-8-10-20-19-9-7-17-6-4-5-13-22(17,2)21(19)11-14-23(18,20)3/h8,12,15,17,19-21H,4-7,9-11,13-14H2,1-3H3/t17?,19-,20-,21-,22-,23+/m0/s1. The van der Waals surface area contributed by atoms with E-state index >= 15 is 0 Å². The van der Waals surface area contributed by atoms with Gasteiger partial charge in [-0.05, 0) is 91.1 Å². The number of allylic oxidation sites excluding steroid dienone is 3. The van der Waals surface area contributed by atoms with Crippen LogP contribution in [0, 0.1) is 34.5 Å². The molecular weight excluding hydrogens is 308 g/mol. The predicted molar refractivity (Wildman–Crippen MR) is 101 cm³/mol. The Kier molecular flexibility index (Phi) is 4.37. The summed E-state index contributed by atoms with van der Waals surface area (Å²) >= 11 is 0. The van der Waals surface area contributed by atoms with Crippen LogP contribution in [0.4, 0.5) is 0 Å². The third-order valence-electron chi connectivity index (χ3n) is 8.71. The van der Waals surface area contributed by atoms with E-state index in [9.17, 15) is 4.79 Å². The van der Waals surface area contributed by atoms with Gasteiger partial charge in [-0.15, -0.1) is 0 Å². The first kappa shape index (κ1) is 17.4. The lowest BCUT2D eigenvalue weighted by Gasteiger charge is -2.60. The van der Waals surface area contributed by atoms with Gasteiger partial charge < -0.3 is 4.74 Å². The molecular formula is C23H34O2. The van der Waals surface area contributed by atoms with E-state index in [0.29, 0.717) is 5.41 Å². The second-order valence-electron chi connectivity index (χ2n) is 9.67. The summed E-state index contributed by atoms with van der Waals surface area (Å²) in [6.07, 6.45) is 18.8. The molecule has 4 aliphatic carbocycles. The van der Waals surface area contributed by atoms with E-state index in [4.69, 9.17) is 4.74 Å². The first-order chi connectivity index (χ1) is 11.9. The van der Waals surface area contributed by atoms with Gasteiger partial charge in [-0.1, -0.05) is 32.8 Å². The molecule has 4 rings (SSSR count). The maximum absolute atomic E-state index is 11.0. The Morgan fingerprint density at radius 3 is 2.76 bits per heavy atom. The third kappa shape index (κ3) is 2.71. The van der Waals surface area contributed by atoms with E-state index in [1.807, 2.05) is 0 Å². The fourth-order valence-corrected chi connectivity index (χ4v) is 7.36. The molecule has 4 aliphatic rings. The Morgan fingerprint density at radius 1 is 1.12 bits per heavy atom. The van der Waals surface area contributed by atoms with Gasteiger partial charge in [0.2, 0.25) is 0 Å². The van der Waals surface area contributed by atoms with Crippen molar-refractivity contribution in [2.75, 3.05) is 0 Å². The second-order valence-corrected chi connectivity index (χ2v) is 9.67. The van der Waals surface area contributed by atoms with E-state index in [1.165, 1.54) is 70.3 Å². The summed E-state index contributed by atoms with van der Waals surface area (Å²) in [6, 6.07) is 0. The van der Waals surface area contributed by atoms with Crippen molar-refractivity contribution in [3.8, 4) is 0 Å². The van der Waals surface area contributed by atoms with Gasteiger partial charge in [-0.2, -0.15) is 0 Å². The lowest BCUT2D eigenvalue weighted by atomic mass is 9.45. The van der Waals surface area contributed by atoms with E-state index in [-0.39, 0.29) is 11.4 Å². The van der Waals surface area contributed by atoms with Gasteiger partial charge >= 0.3 is 5.97 Å². The van der Waals surface area contributed by atoms with Crippen LogP contribution >= 0.6 is 0 Å². The Bertz CT molecular complexity index is 603. The smallest absolute Gasteiger partial charge is 0.307 e. The van der Waals surface area contributed by atoms with E-state index in [2.05, 4.69) is 26.0 Å². The lowest BCUT2D eigenvalue weighted by molar-refractivity contribution is -0.135. The maximum atomic E-state index is 11.0. The Balaban J connectivity index is 1.54. The summed E-state index contributed by atoms with van der Waals surface area (Å²) in [4.78, 5) is 11.0. The largest absolute Gasteiger partial charge is 0.435 e. The number of rotatable bonds is 2. The van der Waals surface area contributed by atoms with Crippen LogP contribution in [0.15, 0.2) is 24.0 Å². The van der Waals surface area contributed by atoms with Crippen molar-refractivity contribution in [1.29, 1.82) is 0 Å². The molecule has 0 heterocycles. The third-order valence-corrected chi connectivity index (χ3v) is 8.71. The van der Waals surface area contributed by atoms with Crippen LogP contribution in [-0.4, -0.2) is 5.97 Å². The van der Waals surface area contributed by atoms with Crippen LogP contribution in [0.1, 0.15) is 78.6 Å². The van der Waals surface area contributed by atoms with Crippen molar-refractivity contribution in [2.24, 2.45) is 34.5 Å². The Labute approximate surface area is 153 Å². The van der Waals surface area contributed by atoms with Crippen molar-refractivity contribution in [2.45, 2.75) is 78.6 Å². The van der Waals surface area contributed by atoms with Crippen molar-refractivity contribution < 1.29 is 9.53 Å². The highest BCUT2D eigenvalue weighted by atomic mass is 16.5. The molecule has 0 aromatic rings. The van der Waals surface area contributed by atoms with Gasteiger partial charge in [0, 0.05) is 6.92 Å². The Morgan fingerprint density at radius 2 is 1.96 bits per heavy atom. The number of carbonyl (C=O) groups is 1. The van der Waals surface area contributed by atoms with E-state index in [0.717, 1.165) is 23.7 Å². The summed E-state index contributed by atoms with van der Waals surface area (Å²) in [5.41, 5.74) is 2.31. The zero-order chi connectivity index (χ0) is 17.7. The summed E-state index contributed by atoms with van der Waals surface area (Å²) in [6.45, 7) is 6.58. The molecule has 6 atom stereocenters. The molecule has 0 aromatic carbocycles. The van der Waals surface area contributed by atoms with Crippen molar-refractivity contribution in [1.82, 2.24) is 0 Å². The van der Waals surface area contributed by atoms with Gasteiger partial charge in [-0.3, -0.25) is 4.79 Å². The molecule has 0 aromatic heterocycles. The molecule has 0 radical (unpaired) electrons. The van der Waals surface area contributed by atoms with Gasteiger partial charge in [0.15, 0.2) is 0 Å². The molecule has 2 nitrogen and oxygen atoms in total. The normalized spacial score (nSPS) is 46.1. The predicted octanol–water partition coefficient (Wildman–Crippen LogP) is 6.03. The maximum Gasteiger partial charge on any atom is 0.307 e. The average molecular weight is 343 g/mol. The highest BCUT2D eigenvalue weighted by Gasteiger charge is 2.57. The topological polar surface area (TPSA) is 26.3 Å². The molecule has 0 N–H and O–H groups in total. The van der Waals surface area contributed by atoms with Gasteiger partial charge in [-0.25, -0.2) is 0 Å². The fourth-order valence-electron chi connectivity index (χ4n) is 7.36. The molecule has 25 heavy (non-hydrogen) atoms. The number of hydrogen-bond donors (Lipinski definition) is 0. The van der Waals surface area contributed by atoms with E-state index < -0.39 is 0 Å². The molecule has 3 saturated carbocycles. The number of hydrogen-bond acceptors (Lipinski definition) is 2. The molecule has 2 heteroatoms. The number of esters is 1. The van der Waals surface area contributed by atoms with Gasteiger partial charge in [0.05, 0.1) is 6.26 Å². The van der Waals surface area contributed by atoms with Crippen LogP contribution in [0.3, 0.4) is 0 Å². The fraction of sp³-hybridized carbons (Fsp3) is 0.783. The summed E-state index contributed by atoms with van der Waals surface area (Å²) in [5.74, 6) is 3.39. The van der Waals surface area contributed by atoms with Crippen LogP contribution in [0.5, 0.6) is 0 Å². The minimum atomic E-state index is -0.233. The summed E-state index contributed by atoms with van der Waals surface area (Å²) < 4.78 is 5.06. The van der Waals surface area contributed by atoms with Gasteiger partial charge in [0.1, 0.15) is 0 Å². The first-order valence-corrected chi connectivity index (χ1v) is 10.5. The minimum absolute atomic E-state index is 0.233. The molecule has 3 fully saturated rings. The zero-order valence-electron chi connectivity index (χ0n) is 16.2. The van der Waals surface area contributed by atoms with Crippen molar-refractivity contribution in [3.05, 3.63) is 24.0 Å². The van der Waals surface area contributed by atoms with Gasteiger partial charge in [0.25, 0.3) is 0 Å². The summed E-state index contributed by atoms with van der Waals surface area (Å²) in [7, 11) is 0. The SMILES string of the molecule is CC(=O)OC=CC1=CC[C@H]2[C@@H]3CCC4CCCC[C@]4(C)[C@H]3CC[C@]12C. The molecule has 1 unspecified atom stereocenters. The van der Waals surface area contributed by atoms with Crippen molar-refractivity contribution in [3.63, 3.8) is 0 Å². The molecule has 0 saturated heterocycles. The quantitative estimate of drug-likeness (QED) is 0.452. The van der Waals surface area contributed by atoms with Crippen molar-refractivity contribution >= 4 is 5.97 Å². The van der Waals surface area contributed by atoms with E-state index in [1.54, 1.807) is 6.26 Å². The number of fused-ring (bicyclic) bond motifs is 5. The highest BCUT2D eigenvalue weighted by molar-refractivity contribution is 5.66. The van der Waals surface area contributed by atoms with Crippen LogP contribution in [0.2, 0.25) is 0 Å². The highest BCUT2D eigenvalue weighted by Crippen LogP contribution is 2.66. The molecule has 138 valence electrons. The molecule has 0 bridgehead atoms. The second kappa shape index (κ2) is 6.28. The van der Waals surface area contributed by atoms with Crippen LogP contribution in [-0.2, 0) is 9.53 Å². The zero-order valence-corrected chi connectivity index (χ0v) is 16.2. The Hall–Kier alpha value is -1.05. The van der Waals surface area contributed by atoms with Crippen LogP contribution < -0.4 is 0 Å². The van der Waals surface area contributed by atoms with Crippen LogP contribution in [0.25, 0.3) is 0 Å². The monoisotopic (exact) mass is 342 g/mol. The molecule has 0 amide bonds. The molecule has 0 spiro atoms. The number of ether oxygens (including phenoxy) is 1. The lowest BCUT2D eigenvalue weighted by Crippen LogP contribution is -2.52. The number of carbonyl (C=O) groups excluding carboxylic acids is 1. The first-order valence-electron chi connectivity index (χ1n) is 10.5. The minimum Gasteiger partial charge on any atom is -0.435 e.